The molecule has 3 rings (SSSR count). The quantitative estimate of drug-likeness (QED) is 0.905. The van der Waals surface area contributed by atoms with Gasteiger partial charge in [0.1, 0.15) is 0 Å². The van der Waals surface area contributed by atoms with Gasteiger partial charge in [0, 0.05) is 33.7 Å². The normalized spacial score (nSPS) is 16.4. The molecule has 2 N–H and O–H groups in total. The maximum atomic E-state index is 5.99. The van der Waals surface area contributed by atoms with E-state index in [1.54, 1.807) is 0 Å². The molecule has 1 aliphatic rings. The van der Waals surface area contributed by atoms with Crippen molar-refractivity contribution in [2.24, 2.45) is 5.73 Å². The van der Waals surface area contributed by atoms with Gasteiger partial charge in [-0.15, -0.1) is 0 Å². The standard InChI is InChI=1S/C14H17BrN2/c1-9(16)7-11-12-8-10(15)4-5-14(12)17-6-2-3-13(11)17/h4-5,8-9H,2-3,6-7,16H2,1H3. The lowest BCUT2D eigenvalue weighted by Gasteiger charge is -2.06. The summed E-state index contributed by atoms with van der Waals surface area (Å²) in [5.74, 6) is 0. The number of aryl methyl sites for hydroxylation is 1. The van der Waals surface area contributed by atoms with Gasteiger partial charge >= 0.3 is 0 Å². The van der Waals surface area contributed by atoms with Gasteiger partial charge in [0.15, 0.2) is 0 Å². The minimum absolute atomic E-state index is 0.227. The Hall–Kier alpha value is -0.800. The summed E-state index contributed by atoms with van der Waals surface area (Å²) in [7, 11) is 0. The van der Waals surface area contributed by atoms with Crippen molar-refractivity contribution in [3.63, 3.8) is 0 Å². The van der Waals surface area contributed by atoms with E-state index in [0.717, 1.165) is 17.4 Å². The minimum atomic E-state index is 0.227. The van der Waals surface area contributed by atoms with Gasteiger partial charge in [-0.1, -0.05) is 15.9 Å². The van der Waals surface area contributed by atoms with Crippen LogP contribution in [0.15, 0.2) is 22.7 Å². The van der Waals surface area contributed by atoms with Crippen LogP contribution >= 0.6 is 15.9 Å². The highest BCUT2D eigenvalue weighted by Crippen LogP contribution is 2.33. The summed E-state index contributed by atoms with van der Waals surface area (Å²) in [5, 5.41) is 1.38. The van der Waals surface area contributed by atoms with E-state index in [1.807, 2.05) is 0 Å². The van der Waals surface area contributed by atoms with Crippen molar-refractivity contribution in [1.82, 2.24) is 4.57 Å². The van der Waals surface area contributed by atoms with Gasteiger partial charge in [-0.25, -0.2) is 0 Å². The van der Waals surface area contributed by atoms with E-state index in [-0.39, 0.29) is 6.04 Å². The summed E-state index contributed by atoms with van der Waals surface area (Å²) in [5.41, 5.74) is 10.3. The molecule has 0 saturated heterocycles. The monoisotopic (exact) mass is 292 g/mol. The summed E-state index contributed by atoms with van der Waals surface area (Å²) >= 11 is 3.57. The molecule has 0 amide bonds. The predicted octanol–water partition coefficient (Wildman–Crippen LogP) is 3.24. The number of hydrogen-bond acceptors (Lipinski definition) is 1. The molecule has 2 nitrogen and oxygen atoms in total. The Bertz CT molecular complexity index is 569. The number of halogens is 1. The van der Waals surface area contributed by atoms with Crippen molar-refractivity contribution >= 4 is 26.8 Å². The Kier molecular flexibility index (Phi) is 2.75. The number of fused-ring (bicyclic) bond motifs is 3. The summed E-state index contributed by atoms with van der Waals surface area (Å²) in [6.07, 6.45) is 3.46. The second kappa shape index (κ2) is 4.14. The fourth-order valence-corrected chi connectivity index (χ4v) is 3.31. The molecule has 0 bridgehead atoms. The van der Waals surface area contributed by atoms with Crippen molar-refractivity contribution in [2.75, 3.05) is 0 Å². The number of rotatable bonds is 2. The molecule has 1 unspecified atom stereocenters. The first-order valence-electron chi connectivity index (χ1n) is 6.22. The molecule has 0 aliphatic carbocycles. The average molecular weight is 293 g/mol. The lowest BCUT2D eigenvalue weighted by Crippen LogP contribution is -2.18. The highest BCUT2D eigenvalue weighted by atomic mass is 79.9. The first kappa shape index (κ1) is 11.3. The molecule has 3 heteroatoms. The molecule has 1 aromatic carbocycles. The zero-order chi connectivity index (χ0) is 12.0. The topological polar surface area (TPSA) is 30.9 Å². The fraction of sp³-hybridized carbons (Fsp3) is 0.429. The van der Waals surface area contributed by atoms with Crippen LogP contribution in [0.2, 0.25) is 0 Å². The van der Waals surface area contributed by atoms with Crippen LogP contribution in [-0.4, -0.2) is 10.6 Å². The van der Waals surface area contributed by atoms with Gasteiger partial charge in [-0.2, -0.15) is 0 Å². The highest BCUT2D eigenvalue weighted by Gasteiger charge is 2.21. The lowest BCUT2D eigenvalue weighted by atomic mass is 10.0. The second-order valence-electron chi connectivity index (χ2n) is 5.02. The van der Waals surface area contributed by atoms with E-state index >= 15 is 0 Å². The van der Waals surface area contributed by atoms with Gasteiger partial charge in [0.2, 0.25) is 0 Å². The maximum absolute atomic E-state index is 5.99. The largest absolute Gasteiger partial charge is 0.344 e. The van der Waals surface area contributed by atoms with Crippen LogP contribution in [0.1, 0.15) is 24.6 Å². The lowest BCUT2D eigenvalue weighted by molar-refractivity contribution is 0.733. The van der Waals surface area contributed by atoms with Crippen molar-refractivity contribution in [3.05, 3.63) is 33.9 Å². The predicted molar refractivity (Wildman–Crippen MR) is 75.3 cm³/mol. The summed E-state index contributed by atoms with van der Waals surface area (Å²) < 4.78 is 3.62. The van der Waals surface area contributed by atoms with Crippen molar-refractivity contribution in [2.45, 2.75) is 38.8 Å². The number of benzene rings is 1. The van der Waals surface area contributed by atoms with Crippen LogP contribution in [-0.2, 0) is 19.4 Å². The first-order valence-corrected chi connectivity index (χ1v) is 7.01. The van der Waals surface area contributed by atoms with Crippen LogP contribution in [0, 0.1) is 0 Å². The Balaban J connectivity index is 2.26. The van der Waals surface area contributed by atoms with Crippen LogP contribution in [0.25, 0.3) is 10.9 Å². The first-order chi connectivity index (χ1) is 8.16. The van der Waals surface area contributed by atoms with E-state index in [4.69, 9.17) is 5.73 Å². The molecule has 90 valence electrons. The Morgan fingerprint density at radius 3 is 3.06 bits per heavy atom. The molecule has 0 saturated carbocycles. The van der Waals surface area contributed by atoms with Gasteiger partial charge in [0.25, 0.3) is 0 Å². The van der Waals surface area contributed by atoms with E-state index in [1.165, 1.54) is 35.0 Å². The highest BCUT2D eigenvalue weighted by molar-refractivity contribution is 9.10. The van der Waals surface area contributed by atoms with E-state index in [9.17, 15) is 0 Å². The van der Waals surface area contributed by atoms with Crippen molar-refractivity contribution in [3.8, 4) is 0 Å². The number of aromatic nitrogens is 1. The molecule has 1 aromatic heterocycles. The number of nitrogens with two attached hydrogens (primary N) is 1. The molecule has 2 heterocycles. The Labute approximate surface area is 110 Å². The molecule has 0 radical (unpaired) electrons. The Morgan fingerprint density at radius 2 is 2.29 bits per heavy atom. The third kappa shape index (κ3) is 1.81. The van der Waals surface area contributed by atoms with Gasteiger partial charge in [-0.3, -0.25) is 0 Å². The van der Waals surface area contributed by atoms with E-state index in [2.05, 4.69) is 45.6 Å². The van der Waals surface area contributed by atoms with Crippen LogP contribution in [0.5, 0.6) is 0 Å². The molecule has 0 fully saturated rings. The van der Waals surface area contributed by atoms with Gasteiger partial charge < -0.3 is 10.3 Å². The molecule has 1 aliphatic heterocycles. The van der Waals surface area contributed by atoms with Gasteiger partial charge in [0.05, 0.1) is 0 Å². The third-order valence-electron chi connectivity index (χ3n) is 3.57. The molecular formula is C14H17BrN2. The average Bonchev–Trinajstić information content (AvgIpc) is 2.82. The number of hydrogen-bond donors (Lipinski definition) is 1. The molecule has 1 atom stereocenters. The number of nitrogens with zero attached hydrogens (tertiary/aromatic N) is 1. The van der Waals surface area contributed by atoms with E-state index < -0.39 is 0 Å². The van der Waals surface area contributed by atoms with Crippen LogP contribution < -0.4 is 5.73 Å². The van der Waals surface area contributed by atoms with Crippen LogP contribution in [0.3, 0.4) is 0 Å². The second-order valence-corrected chi connectivity index (χ2v) is 5.94. The fourth-order valence-electron chi connectivity index (χ4n) is 2.94. The molecule has 2 aromatic rings. The summed E-state index contributed by atoms with van der Waals surface area (Å²) in [4.78, 5) is 0. The third-order valence-corrected chi connectivity index (χ3v) is 4.06. The zero-order valence-corrected chi connectivity index (χ0v) is 11.6. The van der Waals surface area contributed by atoms with E-state index in [0.29, 0.717) is 0 Å². The summed E-state index contributed by atoms with van der Waals surface area (Å²) in [6.45, 7) is 3.25. The smallest absolute Gasteiger partial charge is 0.0486 e. The maximum Gasteiger partial charge on any atom is 0.0486 e. The SMILES string of the molecule is CC(N)Cc1c2n(c3ccc(Br)cc13)CCC2. The molecule has 17 heavy (non-hydrogen) atoms. The van der Waals surface area contributed by atoms with Crippen molar-refractivity contribution in [1.29, 1.82) is 0 Å². The minimum Gasteiger partial charge on any atom is -0.344 e. The van der Waals surface area contributed by atoms with Gasteiger partial charge in [-0.05, 0) is 49.9 Å². The van der Waals surface area contributed by atoms with Crippen molar-refractivity contribution < 1.29 is 0 Å². The van der Waals surface area contributed by atoms with Crippen LogP contribution in [0.4, 0.5) is 0 Å². The molecule has 0 spiro atoms. The summed E-state index contributed by atoms with van der Waals surface area (Å²) in [6, 6.07) is 6.81. The zero-order valence-electron chi connectivity index (χ0n) is 10.0. The molecular weight excluding hydrogens is 276 g/mol. The Morgan fingerprint density at radius 1 is 1.47 bits per heavy atom.